The van der Waals surface area contributed by atoms with Crippen LogP contribution in [0.3, 0.4) is 0 Å². The molecule has 2 aromatic rings. The summed E-state index contributed by atoms with van der Waals surface area (Å²) in [4.78, 5) is 15.2. The van der Waals surface area contributed by atoms with Crippen molar-refractivity contribution in [3.05, 3.63) is 56.8 Å². The van der Waals surface area contributed by atoms with Gasteiger partial charge in [0.2, 0.25) is 0 Å². The highest BCUT2D eigenvalue weighted by molar-refractivity contribution is 7.14. The highest BCUT2D eigenvalue weighted by atomic mass is 32.1. The highest BCUT2D eigenvalue weighted by Crippen LogP contribution is 2.35. The van der Waals surface area contributed by atoms with Crippen LogP contribution in [0.15, 0.2) is 30.3 Å². The Morgan fingerprint density at radius 1 is 1.33 bits per heavy atom. The lowest BCUT2D eigenvalue weighted by Crippen LogP contribution is -2.31. The van der Waals surface area contributed by atoms with E-state index in [0.29, 0.717) is 18.0 Å². The van der Waals surface area contributed by atoms with Gasteiger partial charge < -0.3 is 5.73 Å². The number of fused-ring (bicyclic) bond motifs is 1. The second kappa shape index (κ2) is 6.22. The average molecular weight is 354 g/mol. The standard InChI is InChI=1S/C17H17F3N2OS/c1-10-7-22(9-15-13(10)6-14(24-15)16(21)23)8-11-2-4-12(5-3-11)17(18,19)20/h2-6,10H,7-9H2,1H3,(H2,21,23). The molecule has 0 saturated carbocycles. The lowest BCUT2D eigenvalue weighted by Gasteiger charge is -2.31. The first-order valence-electron chi connectivity index (χ1n) is 7.55. The van der Waals surface area contributed by atoms with Crippen molar-refractivity contribution in [2.24, 2.45) is 5.73 Å². The normalized spacial score (nSPS) is 18.4. The Labute approximate surface area is 141 Å². The van der Waals surface area contributed by atoms with Crippen LogP contribution in [0.25, 0.3) is 0 Å². The van der Waals surface area contributed by atoms with Crippen LogP contribution in [0.2, 0.25) is 0 Å². The number of thiophene rings is 1. The van der Waals surface area contributed by atoms with Gasteiger partial charge in [-0.1, -0.05) is 19.1 Å². The zero-order valence-electron chi connectivity index (χ0n) is 13.1. The highest BCUT2D eigenvalue weighted by Gasteiger charge is 2.30. The van der Waals surface area contributed by atoms with Gasteiger partial charge in [-0.25, -0.2) is 0 Å². The minimum atomic E-state index is -4.31. The molecule has 128 valence electrons. The Bertz CT molecular complexity index is 752. The van der Waals surface area contributed by atoms with E-state index >= 15 is 0 Å². The number of carbonyl (C=O) groups excluding carboxylic acids is 1. The first kappa shape index (κ1) is 17.0. The lowest BCUT2D eigenvalue weighted by atomic mass is 9.96. The monoisotopic (exact) mass is 354 g/mol. The van der Waals surface area contributed by atoms with Crippen LogP contribution in [0.1, 0.15) is 44.1 Å². The van der Waals surface area contributed by atoms with E-state index in [1.54, 1.807) is 0 Å². The Kier molecular flexibility index (Phi) is 4.40. The maximum atomic E-state index is 12.6. The number of amides is 1. The van der Waals surface area contributed by atoms with Gasteiger partial charge in [-0.05, 0) is 35.2 Å². The van der Waals surface area contributed by atoms with Gasteiger partial charge in [-0.3, -0.25) is 9.69 Å². The number of nitrogens with zero attached hydrogens (tertiary/aromatic N) is 1. The van der Waals surface area contributed by atoms with Crippen LogP contribution < -0.4 is 5.73 Å². The number of primary amides is 1. The molecule has 0 aliphatic carbocycles. The van der Waals surface area contributed by atoms with E-state index in [1.807, 2.05) is 6.07 Å². The topological polar surface area (TPSA) is 46.3 Å². The molecule has 1 aromatic carbocycles. The zero-order chi connectivity index (χ0) is 17.5. The number of carbonyl (C=O) groups is 1. The van der Waals surface area contributed by atoms with Crippen LogP contribution in [-0.2, 0) is 19.3 Å². The minimum absolute atomic E-state index is 0.257. The number of rotatable bonds is 3. The number of alkyl halides is 3. The van der Waals surface area contributed by atoms with E-state index in [4.69, 9.17) is 5.73 Å². The Hall–Kier alpha value is -1.86. The SMILES string of the molecule is CC1CN(Cc2ccc(C(F)(F)F)cc2)Cc2sc(C(N)=O)cc21. The largest absolute Gasteiger partial charge is 0.416 e. The molecule has 3 nitrogen and oxygen atoms in total. The molecule has 1 aliphatic heterocycles. The number of hydrogen-bond acceptors (Lipinski definition) is 3. The zero-order valence-corrected chi connectivity index (χ0v) is 13.9. The molecule has 1 atom stereocenters. The Balaban J connectivity index is 1.74. The van der Waals surface area contributed by atoms with Gasteiger partial charge in [-0.2, -0.15) is 13.2 Å². The molecular weight excluding hydrogens is 337 g/mol. The second-order valence-electron chi connectivity index (χ2n) is 6.12. The van der Waals surface area contributed by atoms with Crippen molar-refractivity contribution in [3.63, 3.8) is 0 Å². The summed E-state index contributed by atoms with van der Waals surface area (Å²) < 4.78 is 37.8. The number of benzene rings is 1. The predicted molar refractivity (Wildman–Crippen MR) is 86.8 cm³/mol. The number of halogens is 3. The molecule has 2 heterocycles. The number of hydrogen-bond donors (Lipinski definition) is 1. The van der Waals surface area contributed by atoms with Crippen molar-refractivity contribution >= 4 is 17.2 Å². The van der Waals surface area contributed by atoms with Crippen LogP contribution in [0.5, 0.6) is 0 Å². The average Bonchev–Trinajstić information content (AvgIpc) is 2.92. The molecule has 1 aliphatic rings. The fourth-order valence-electron chi connectivity index (χ4n) is 3.04. The summed E-state index contributed by atoms with van der Waals surface area (Å²) in [5.41, 5.74) is 6.70. The summed E-state index contributed by atoms with van der Waals surface area (Å²) in [7, 11) is 0. The van der Waals surface area contributed by atoms with E-state index < -0.39 is 17.6 Å². The molecule has 7 heteroatoms. The smallest absolute Gasteiger partial charge is 0.365 e. The van der Waals surface area contributed by atoms with Gasteiger partial charge in [0.05, 0.1) is 10.4 Å². The van der Waals surface area contributed by atoms with Gasteiger partial charge in [0, 0.05) is 24.5 Å². The Morgan fingerprint density at radius 2 is 2.00 bits per heavy atom. The van der Waals surface area contributed by atoms with Gasteiger partial charge in [0.25, 0.3) is 5.91 Å². The molecule has 1 aromatic heterocycles. The molecule has 1 unspecified atom stereocenters. The van der Waals surface area contributed by atoms with Crippen molar-refractivity contribution in [3.8, 4) is 0 Å². The lowest BCUT2D eigenvalue weighted by molar-refractivity contribution is -0.137. The molecule has 0 fully saturated rings. The first-order chi connectivity index (χ1) is 11.2. The second-order valence-corrected chi connectivity index (χ2v) is 7.26. The maximum absolute atomic E-state index is 12.6. The third-order valence-corrected chi connectivity index (χ3v) is 5.35. The summed E-state index contributed by atoms with van der Waals surface area (Å²) in [6.07, 6.45) is -4.31. The van der Waals surface area contributed by atoms with Crippen LogP contribution in [-0.4, -0.2) is 17.4 Å². The van der Waals surface area contributed by atoms with Crippen LogP contribution in [0.4, 0.5) is 13.2 Å². The van der Waals surface area contributed by atoms with Crippen LogP contribution in [0, 0.1) is 0 Å². The fraction of sp³-hybridized carbons (Fsp3) is 0.353. The van der Waals surface area contributed by atoms with Crippen molar-refractivity contribution in [2.45, 2.75) is 32.1 Å². The molecule has 0 spiro atoms. The molecule has 0 bridgehead atoms. The first-order valence-corrected chi connectivity index (χ1v) is 8.36. The minimum Gasteiger partial charge on any atom is -0.365 e. The van der Waals surface area contributed by atoms with Gasteiger partial charge in [-0.15, -0.1) is 11.3 Å². The number of nitrogens with two attached hydrogens (primary N) is 1. The summed E-state index contributed by atoms with van der Waals surface area (Å²) in [5.74, 6) is -0.163. The van der Waals surface area contributed by atoms with Crippen molar-refractivity contribution in [1.82, 2.24) is 4.90 Å². The molecule has 0 radical (unpaired) electrons. The molecule has 2 N–H and O–H groups in total. The Morgan fingerprint density at radius 3 is 2.58 bits per heavy atom. The predicted octanol–water partition coefficient (Wildman–Crippen LogP) is 3.99. The summed E-state index contributed by atoms with van der Waals surface area (Å²) >= 11 is 1.40. The van der Waals surface area contributed by atoms with E-state index in [-0.39, 0.29) is 5.92 Å². The van der Waals surface area contributed by atoms with Gasteiger partial charge in [0.1, 0.15) is 0 Å². The summed E-state index contributed by atoms with van der Waals surface area (Å²) in [5, 5.41) is 0. The van der Waals surface area contributed by atoms with Crippen molar-refractivity contribution < 1.29 is 18.0 Å². The summed E-state index contributed by atoms with van der Waals surface area (Å²) in [6, 6.07) is 7.13. The molecular formula is C17H17F3N2OS. The van der Waals surface area contributed by atoms with Gasteiger partial charge in [0.15, 0.2) is 0 Å². The molecule has 24 heavy (non-hydrogen) atoms. The van der Waals surface area contributed by atoms with E-state index in [0.717, 1.165) is 34.7 Å². The van der Waals surface area contributed by atoms with Crippen molar-refractivity contribution in [1.29, 1.82) is 0 Å². The third kappa shape index (κ3) is 3.47. The van der Waals surface area contributed by atoms with E-state index in [9.17, 15) is 18.0 Å². The van der Waals surface area contributed by atoms with E-state index in [1.165, 1.54) is 23.5 Å². The van der Waals surface area contributed by atoms with Gasteiger partial charge >= 0.3 is 6.18 Å². The van der Waals surface area contributed by atoms with Crippen molar-refractivity contribution in [2.75, 3.05) is 6.54 Å². The quantitative estimate of drug-likeness (QED) is 0.906. The third-order valence-electron chi connectivity index (χ3n) is 4.20. The fourth-order valence-corrected chi connectivity index (χ4v) is 4.21. The molecule has 3 rings (SSSR count). The summed E-state index contributed by atoms with van der Waals surface area (Å²) in [6.45, 7) is 4.13. The molecule has 0 saturated heterocycles. The van der Waals surface area contributed by atoms with E-state index in [2.05, 4.69) is 11.8 Å². The van der Waals surface area contributed by atoms with Crippen LogP contribution >= 0.6 is 11.3 Å². The molecule has 1 amide bonds. The maximum Gasteiger partial charge on any atom is 0.416 e.